The third-order valence-corrected chi connectivity index (χ3v) is 3.72. The molecule has 1 heterocycles. The van der Waals surface area contributed by atoms with Crippen LogP contribution < -0.4 is 0 Å². The maximum atomic E-state index is 9.40. The number of methoxy groups -OCH3 is 1. The van der Waals surface area contributed by atoms with E-state index in [0.717, 1.165) is 26.1 Å². The maximum absolute atomic E-state index is 9.40. The van der Waals surface area contributed by atoms with Crippen LogP contribution in [0.4, 0.5) is 0 Å². The predicted octanol–water partition coefficient (Wildman–Crippen LogP) is 0.640. The van der Waals surface area contributed by atoms with Gasteiger partial charge in [-0.25, -0.2) is 0 Å². The van der Waals surface area contributed by atoms with Gasteiger partial charge in [0.05, 0.1) is 12.7 Å². The first-order valence-electron chi connectivity index (χ1n) is 5.66. The van der Waals surface area contributed by atoms with E-state index in [9.17, 15) is 5.11 Å². The van der Waals surface area contributed by atoms with E-state index >= 15 is 0 Å². The molecule has 1 saturated carbocycles. The lowest BCUT2D eigenvalue weighted by molar-refractivity contribution is -0.0954. The van der Waals surface area contributed by atoms with Crippen molar-refractivity contribution < 1.29 is 19.3 Å². The smallest absolute Gasteiger partial charge is 0.146 e. The lowest BCUT2D eigenvalue weighted by Gasteiger charge is -2.28. The minimum absolute atomic E-state index is 0.145. The van der Waals surface area contributed by atoms with E-state index in [1.165, 1.54) is 0 Å². The van der Waals surface area contributed by atoms with Crippen molar-refractivity contribution in [3.05, 3.63) is 0 Å². The molecule has 4 atom stereocenters. The highest BCUT2D eigenvalue weighted by atomic mass is 16.7. The van der Waals surface area contributed by atoms with Crippen molar-refractivity contribution in [3.8, 4) is 0 Å². The SMILES string of the molecule is COCOC1C[C@H]2CCOC[C@@H]2[C@@H]1CO. The molecule has 88 valence electrons. The summed E-state index contributed by atoms with van der Waals surface area (Å²) in [6.07, 6.45) is 2.29. The summed E-state index contributed by atoms with van der Waals surface area (Å²) in [5.41, 5.74) is 0. The molecule has 2 fully saturated rings. The van der Waals surface area contributed by atoms with Crippen LogP contribution in [0, 0.1) is 17.8 Å². The van der Waals surface area contributed by atoms with Crippen molar-refractivity contribution in [1.82, 2.24) is 0 Å². The molecule has 1 N–H and O–H groups in total. The fourth-order valence-corrected chi connectivity index (χ4v) is 2.92. The van der Waals surface area contributed by atoms with Crippen LogP contribution in [0.5, 0.6) is 0 Å². The van der Waals surface area contributed by atoms with Crippen molar-refractivity contribution in [1.29, 1.82) is 0 Å². The second kappa shape index (κ2) is 5.25. The molecule has 4 nitrogen and oxygen atoms in total. The Kier molecular flexibility index (Phi) is 3.97. The van der Waals surface area contributed by atoms with Gasteiger partial charge in [0.1, 0.15) is 6.79 Å². The summed E-state index contributed by atoms with van der Waals surface area (Å²) < 4.78 is 16.0. The summed E-state index contributed by atoms with van der Waals surface area (Å²) >= 11 is 0. The van der Waals surface area contributed by atoms with Gasteiger partial charge in [-0.2, -0.15) is 0 Å². The van der Waals surface area contributed by atoms with Crippen LogP contribution in [0.25, 0.3) is 0 Å². The number of hydrogen-bond donors (Lipinski definition) is 1. The van der Waals surface area contributed by atoms with Gasteiger partial charge >= 0.3 is 0 Å². The predicted molar refractivity (Wildman–Crippen MR) is 54.4 cm³/mol. The van der Waals surface area contributed by atoms with Crippen molar-refractivity contribution >= 4 is 0 Å². The molecule has 0 bridgehead atoms. The second-order valence-corrected chi connectivity index (χ2v) is 4.48. The van der Waals surface area contributed by atoms with Crippen LogP contribution in [-0.2, 0) is 14.2 Å². The summed E-state index contributed by atoms with van der Waals surface area (Å²) in [6, 6.07) is 0. The summed E-state index contributed by atoms with van der Waals surface area (Å²) in [5, 5.41) is 9.40. The van der Waals surface area contributed by atoms with Gasteiger partial charge in [0.25, 0.3) is 0 Å². The third-order valence-electron chi connectivity index (χ3n) is 3.72. The zero-order chi connectivity index (χ0) is 10.7. The number of rotatable bonds is 4. The molecular formula is C11H20O4. The molecule has 2 rings (SSSR count). The number of aliphatic hydroxyl groups excluding tert-OH is 1. The minimum Gasteiger partial charge on any atom is -0.396 e. The Morgan fingerprint density at radius 2 is 2.33 bits per heavy atom. The molecule has 15 heavy (non-hydrogen) atoms. The Hall–Kier alpha value is -0.160. The molecule has 4 heteroatoms. The van der Waals surface area contributed by atoms with Gasteiger partial charge in [-0.15, -0.1) is 0 Å². The van der Waals surface area contributed by atoms with Crippen LogP contribution in [0.2, 0.25) is 0 Å². The van der Waals surface area contributed by atoms with Gasteiger partial charge < -0.3 is 19.3 Å². The third kappa shape index (κ3) is 2.33. The molecule has 0 aromatic rings. The zero-order valence-electron chi connectivity index (χ0n) is 9.22. The summed E-state index contributed by atoms with van der Waals surface area (Å²) in [5.74, 6) is 1.37. The van der Waals surface area contributed by atoms with Crippen LogP contribution in [-0.4, -0.2) is 44.9 Å². The monoisotopic (exact) mass is 216 g/mol. The van der Waals surface area contributed by atoms with E-state index in [4.69, 9.17) is 14.2 Å². The largest absolute Gasteiger partial charge is 0.396 e. The lowest BCUT2D eigenvalue weighted by Crippen LogP contribution is -2.32. The number of fused-ring (bicyclic) bond motifs is 1. The molecule has 0 aromatic heterocycles. The normalized spacial score (nSPS) is 40.4. The Balaban J connectivity index is 1.94. The zero-order valence-corrected chi connectivity index (χ0v) is 9.22. The highest BCUT2D eigenvalue weighted by Gasteiger charge is 2.44. The summed E-state index contributed by atoms with van der Waals surface area (Å²) in [7, 11) is 1.62. The maximum Gasteiger partial charge on any atom is 0.146 e. The molecule has 2 aliphatic rings. The van der Waals surface area contributed by atoms with E-state index in [1.54, 1.807) is 7.11 Å². The summed E-state index contributed by atoms with van der Waals surface area (Å²) in [6.45, 7) is 2.15. The quantitative estimate of drug-likeness (QED) is 0.701. The first kappa shape index (κ1) is 11.3. The van der Waals surface area contributed by atoms with Crippen LogP contribution in [0.1, 0.15) is 12.8 Å². The molecule has 0 radical (unpaired) electrons. The molecule has 1 unspecified atom stereocenters. The highest BCUT2D eigenvalue weighted by molar-refractivity contribution is 4.92. The fourth-order valence-electron chi connectivity index (χ4n) is 2.92. The van der Waals surface area contributed by atoms with E-state index < -0.39 is 0 Å². The standard InChI is InChI=1S/C11H20O4/c1-13-7-15-11-4-8-2-3-14-6-10(8)9(11)5-12/h8-12H,2-7H2,1H3/t8-,9+,10+,11?/m1/s1. The molecule has 0 amide bonds. The Labute approximate surface area is 90.5 Å². The number of aliphatic hydroxyl groups is 1. The topological polar surface area (TPSA) is 47.9 Å². The Morgan fingerprint density at radius 1 is 1.47 bits per heavy atom. The van der Waals surface area contributed by atoms with E-state index in [-0.39, 0.29) is 18.6 Å². The fraction of sp³-hybridized carbons (Fsp3) is 1.00. The van der Waals surface area contributed by atoms with E-state index in [2.05, 4.69) is 0 Å². The molecule has 1 aliphatic heterocycles. The van der Waals surface area contributed by atoms with Crippen molar-refractivity contribution in [3.63, 3.8) is 0 Å². The van der Waals surface area contributed by atoms with Gasteiger partial charge in [-0.1, -0.05) is 0 Å². The number of hydrogen-bond acceptors (Lipinski definition) is 4. The Bertz CT molecular complexity index is 197. The Morgan fingerprint density at radius 3 is 3.07 bits per heavy atom. The number of ether oxygens (including phenoxy) is 3. The van der Waals surface area contributed by atoms with Crippen molar-refractivity contribution in [2.45, 2.75) is 18.9 Å². The molecule has 0 aromatic carbocycles. The average Bonchev–Trinajstić information content (AvgIpc) is 2.63. The van der Waals surface area contributed by atoms with Crippen LogP contribution in [0.15, 0.2) is 0 Å². The second-order valence-electron chi connectivity index (χ2n) is 4.48. The van der Waals surface area contributed by atoms with Crippen LogP contribution in [0.3, 0.4) is 0 Å². The van der Waals surface area contributed by atoms with Gasteiger partial charge in [-0.05, 0) is 24.7 Å². The molecule has 1 aliphatic carbocycles. The van der Waals surface area contributed by atoms with Gasteiger partial charge in [-0.3, -0.25) is 0 Å². The van der Waals surface area contributed by atoms with Crippen molar-refractivity contribution in [2.24, 2.45) is 17.8 Å². The van der Waals surface area contributed by atoms with Gasteiger partial charge in [0.2, 0.25) is 0 Å². The molecular weight excluding hydrogens is 196 g/mol. The van der Waals surface area contributed by atoms with Gasteiger partial charge in [0, 0.05) is 26.2 Å². The first-order valence-corrected chi connectivity index (χ1v) is 5.66. The van der Waals surface area contributed by atoms with Gasteiger partial charge in [0.15, 0.2) is 0 Å². The molecule has 0 spiro atoms. The average molecular weight is 216 g/mol. The lowest BCUT2D eigenvalue weighted by atomic mass is 9.87. The molecule has 1 saturated heterocycles. The van der Waals surface area contributed by atoms with Crippen molar-refractivity contribution in [2.75, 3.05) is 33.7 Å². The highest BCUT2D eigenvalue weighted by Crippen LogP contribution is 2.42. The van der Waals surface area contributed by atoms with E-state index in [0.29, 0.717) is 18.6 Å². The minimum atomic E-state index is 0.145. The first-order chi connectivity index (χ1) is 7.36. The van der Waals surface area contributed by atoms with Crippen LogP contribution >= 0.6 is 0 Å². The summed E-state index contributed by atoms with van der Waals surface area (Å²) in [4.78, 5) is 0. The van der Waals surface area contributed by atoms with E-state index in [1.807, 2.05) is 0 Å².